The number of thiophene rings is 1. The minimum absolute atomic E-state index is 0.0592. The lowest BCUT2D eigenvalue weighted by molar-refractivity contribution is 0.0984. The van der Waals surface area contributed by atoms with E-state index in [1.54, 1.807) is 19.2 Å². The number of benzene rings is 2. The van der Waals surface area contributed by atoms with Gasteiger partial charge in [0.05, 0.1) is 15.8 Å². The van der Waals surface area contributed by atoms with Crippen molar-refractivity contribution in [3.8, 4) is 22.4 Å². The number of aromatic nitrogens is 1. The Bertz CT molecular complexity index is 1150. The van der Waals surface area contributed by atoms with E-state index in [0.717, 1.165) is 27.9 Å². The third kappa shape index (κ3) is 4.70. The van der Waals surface area contributed by atoms with E-state index in [-0.39, 0.29) is 5.78 Å². The summed E-state index contributed by atoms with van der Waals surface area (Å²) in [5.41, 5.74) is 5.14. The normalized spacial score (nSPS) is 11.0. The highest BCUT2D eigenvalue weighted by Crippen LogP contribution is 2.28. The summed E-state index contributed by atoms with van der Waals surface area (Å²) in [5, 5.41) is 4.17. The molecular weight excluding hydrogens is 418 g/mol. The number of carbonyl (C=O) groups excluding carboxylic acids is 1. The predicted octanol–water partition coefficient (Wildman–Crippen LogP) is 6.69. The van der Waals surface area contributed by atoms with Gasteiger partial charge >= 0.3 is 0 Å². The first-order chi connectivity index (χ1) is 14.6. The van der Waals surface area contributed by atoms with E-state index < -0.39 is 0 Å². The molecule has 152 valence electrons. The summed E-state index contributed by atoms with van der Waals surface area (Å²) < 4.78 is 11.4. The zero-order valence-corrected chi connectivity index (χ0v) is 18.0. The van der Waals surface area contributed by atoms with Crippen LogP contribution in [0.15, 0.2) is 71.3 Å². The molecule has 4 aromatic rings. The highest BCUT2D eigenvalue weighted by Gasteiger charge is 2.13. The fourth-order valence-electron chi connectivity index (χ4n) is 3.29. The topological polar surface area (TPSA) is 52.3 Å². The van der Waals surface area contributed by atoms with Gasteiger partial charge in [-0.05, 0) is 28.8 Å². The number of ketones is 1. The molecule has 2 aromatic heterocycles. The van der Waals surface area contributed by atoms with Crippen molar-refractivity contribution in [2.24, 2.45) is 0 Å². The molecule has 0 bridgehead atoms. The molecule has 0 N–H and O–H groups in total. The maximum absolute atomic E-state index is 12.2. The number of nitrogens with zero attached hydrogens (tertiary/aromatic N) is 1. The van der Waals surface area contributed by atoms with Gasteiger partial charge in [0.25, 0.3) is 0 Å². The summed E-state index contributed by atoms with van der Waals surface area (Å²) in [6.07, 6.45) is 0.866. The third-order valence-corrected chi connectivity index (χ3v) is 6.09. The van der Waals surface area contributed by atoms with Gasteiger partial charge in [-0.15, -0.1) is 11.3 Å². The molecule has 0 fully saturated rings. The molecule has 0 aliphatic rings. The van der Waals surface area contributed by atoms with E-state index in [9.17, 15) is 4.79 Å². The largest absolute Gasteiger partial charge is 0.380 e. The van der Waals surface area contributed by atoms with Crippen LogP contribution in [0.2, 0.25) is 4.34 Å². The van der Waals surface area contributed by atoms with Gasteiger partial charge in [-0.3, -0.25) is 4.79 Å². The third-order valence-electron chi connectivity index (χ3n) is 4.81. The van der Waals surface area contributed by atoms with Crippen LogP contribution in [-0.4, -0.2) is 18.0 Å². The van der Waals surface area contributed by atoms with Crippen molar-refractivity contribution in [3.63, 3.8) is 0 Å². The highest BCUT2D eigenvalue weighted by molar-refractivity contribution is 7.18. The Morgan fingerprint density at radius 1 is 1.07 bits per heavy atom. The van der Waals surface area contributed by atoms with Crippen LogP contribution in [0.4, 0.5) is 0 Å². The van der Waals surface area contributed by atoms with Gasteiger partial charge in [0.2, 0.25) is 0 Å². The highest BCUT2D eigenvalue weighted by atomic mass is 35.5. The van der Waals surface area contributed by atoms with Crippen LogP contribution in [0.5, 0.6) is 0 Å². The summed E-state index contributed by atoms with van der Waals surface area (Å²) in [5.74, 6) is 0.749. The molecule has 0 spiro atoms. The second kappa shape index (κ2) is 9.39. The molecule has 6 heteroatoms. The molecule has 30 heavy (non-hydrogen) atoms. The SMILES string of the molecule is COCc1ccccc1-c1ccc(-c2cc(CCC(=O)c3ccc(Cl)s3)on2)cc1. The number of hydrogen-bond acceptors (Lipinski definition) is 5. The molecular formula is C24H20ClNO3S. The van der Waals surface area contributed by atoms with Crippen molar-refractivity contribution in [1.29, 1.82) is 0 Å². The van der Waals surface area contributed by atoms with Crippen molar-refractivity contribution in [3.05, 3.63) is 87.3 Å². The number of halogens is 1. The van der Waals surface area contributed by atoms with Gasteiger partial charge in [-0.2, -0.15) is 0 Å². The van der Waals surface area contributed by atoms with Crippen LogP contribution >= 0.6 is 22.9 Å². The fourth-order valence-corrected chi connectivity index (χ4v) is 4.31. The number of aryl methyl sites for hydroxylation is 1. The first kappa shape index (κ1) is 20.5. The number of hydrogen-bond donors (Lipinski definition) is 0. The number of ether oxygens (including phenoxy) is 1. The zero-order chi connectivity index (χ0) is 20.9. The lowest BCUT2D eigenvalue weighted by atomic mass is 9.98. The van der Waals surface area contributed by atoms with Gasteiger partial charge in [0, 0.05) is 31.6 Å². The number of Topliss-reactive ketones (excluding diaryl/α,β-unsaturated/α-hetero) is 1. The fraction of sp³-hybridized carbons (Fsp3) is 0.167. The Kier molecular flexibility index (Phi) is 6.43. The predicted molar refractivity (Wildman–Crippen MR) is 120 cm³/mol. The van der Waals surface area contributed by atoms with E-state index >= 15 is 0 Å². The minimum Gasteiger partial charge on any atom is -0.380 e. The molecule has 0 radical (unpaired) electrons. The average Bonchev–Trinajstić information content (AvgIpc) is 3.42. The number of rotatable bonds is 8. The molecule has 0 aliphatic carbocycles. The van der Waals surface area contributed by atoms with Gasteiger partial charge in [-0.1, -0.05) is 65.3 Å². The van der Waals surface area contributed by atoms with Gasteiger partial charge in [0.15, 0.2) is 5.78 Å². The van der Waals surface area contributed by atoms with Crippen molar-refractivity contribution in [2.45, 2.75) is 19.4 Å². The molecule has 0 aliphatic heterocycles. The Morgan fingerprint density at radius 2 is 1.83 bits per heavy atom. The number of methoxy groups -OCH3 is 1. The maximum Gasteiger partial charge on any atom is 0.173 e. The standard InChI is InChI=1S/C24H20ClNO3S/c1-28-15-18-4-2-3-5-20(18)16-6-8-17(9-7-16)21-14-19(29-26-21)10-11-22(27)23-12-13-24(25)30-23/h2-9,12-14H,10-11,15H2,1H3. The van der Waals surface area contributed by atoms with E-state index in [4.69, 9.17) is 20.9 Å². The Morgan fingerprint density at radius 3 is 2.57 bits per heavy atom. The second-order valence-corrected chi connectivity index (χ2v) is 8.59. The van der Waals surface area contributed by atoms with Crippen molar-refractivity contribution < 1.29 is 14.1 Å². The lowest BCUT2D eigenvalue weighted by Crippen LogP contribution is -1.97. The van der Waals surface area contributed by atoms with Gasteiger partial charge < -0.3 is 9.26 Å². The molecule has 2 heterocycles. The summed E-state index contributed by atoms with van der Waals surface area (Å²) in [4.78, 5) is 12.9. The van der Waals surface area contributed by atoms with Gasteiger partial charge in [0.1, 0.15) is 11.5 Å². The zero-order valence-electron chi connectivity index (χ0n) is 16.4. The van der Waals surface area contributed by atoms with Crippen molar-refractivity contribution in [1.82, 2.24) is 5.16 Å². The molecule has 2 aromatic carbocycles. The lowest BCUT2D eigenvalue weighted by Gasteiger charge is -2.09. The molecule has 4 rings (SSSR count). The summed E-state index contributed by atoms with van der Waals surface area (Å²) in [6, 6.07) is 21.8. The van der Waals surface area contributed by atoms with Crippen LogP contribution in [0.1, 0.15) is 27.4 Å². The molecule has 0 saturated carbocycles. The molecule has 0 unspecified atom stereocenters. The minimum atomic E-state index is 0.0592. The Balaban J connectivity index is 1.44. The van der Waals surface area contributed by atoms with E-state index in [0.29, 0.717) is 34.4 Å². The van der Waals surface area contributed by atoms with E-state index in [1.807, 2.05) is 30.3 Å². The van der Waals surface area contributed by atoms with Crippen molar-refractivity contribution >= 4 is 28.7 Å². The van der Waals surface area contributed by atoms with Crippen LogP contribution in [-0.2, 0) is 17.8 Å². The molecule has 0 saturated heterocycles. The van der Waals surface area contributed by atoms with Crippen LogP contribution in [0.25, 0.3) is 22.4 Å². The Hall–Kier alpha value is -2.73. The van der Waals surface area contributed by atoms with Crippen LogP contribution in [0.3, 0.4) is 0 Å². The van der Waals surface area contributed by atoms with Crippen LogP contribution in [0, 0.1) is 0 Å². The first-order valence-corrected chi connectivity index (χ1v) is 10.8. The first-order valence-electron chi connectivity index (χ1n) is 9.56. The van der Waals surface area contributed by atoms with E-state index in [1.165, 1.54) is 11.3 Å². The molecule has 0 amide bonds. The number of carbonyl (C=O) groups is 1. The summed E-state index contributed by atoms with van der Waals surface area (Å²) >= 11 is 7.20. The Labute approximate surface area is 184 Å². The molecule has 4 nitrogen and oxygen atoms in total. The summed E-state index contributed by atoms with van der Waals surface area (Å²) in [7, 11) is 1.70. The van der Waals surface area contributed by atoms with Crippen molar-refractivity contribution in [2.75, 3.05) is 7.11 Å². The summed E-state index contributed by atoms with van der Waals surface area (Å²) in [6.45, 7) is 0.570. The van der Waals surface area contributed by atoms with E-state index in [2.05, 4.69) is 29.4 Å². The average molecular weight is 438 g/mol. The van der Waals surface area contributed by atoms with Gasteiger partial charge in [-0.25, -0.2) is 0 Å². The maximum atomic E-state index is 12.2. The smallest absolute Gasteiger partial charge is 0.173 e. The van der Waals surface area contributed by atoms with Crippen LogP contribution < -0.4 is 0 Å². The molecule has 0 atom stereocenters. The quantitative estimate of drug-likeness (QED) is 0.288. The monoisotopic (exact) mass is 437 g/mol. The second-order valence-electron chi connectivity index (χ2n) is 6.87.